The van der Waals surface area contributed by atoms with Gasteiger partial charge in [0.25, 0.3) is 0 Å². The molecule has 0 spiro atoms. The lowest BCUT2D eigenvalue weighted by Gasteiger charge is -2.13. The van der Waals surface area contributed by atoms with E-state index in [4.69, 9.17) is 15.9 Å². The molecule has 4 N–H and O–H groups in total. The van der Waals surface area contributed by atoms with Crippen LogP contribution in [0.5, 0.6) is 0 Å². The van der Waals surface area contributed by atoms with Gasteiger partial charge < -0.3 is 15.9 Å². The van der Waals surface area contributed by atoms with Crippen LogP contribution in [0.25, 0.3) is 0 Å². The molecule has 0 unspecified atom stereocenters. The lowest BCUT2D eigenvalue weighted by molar-refractivity contribution is 0.207. The second-order valence-corrected chi connectivity index (χ2v) is 8.82. The van der Waals surface area contributed by atoms with Crippen molar-refractivity contribution in [3.05, 3.63) is 12.2 Å². The maximum atomic E-state index is 9.04. The number of allylic oxidation sites excluding steroid dienone is 2. The number of unbranched alkanes of at least 4 members (excludes halogenated alkanes) is 15. The first kappa shape index (κ1) is 28.6. The zero-order valence-electron chi connectivity index (χ0n) is 19.5. The fourth-order valence-corrected chi connectivity index (χ4v) is 4.08. The number of rotatable bonds is 24. The minimum absolute atomic E-state index is 0.257. The maximum absolute atomic E-state index is 9.04. The molecule has 0 radical (unpaired) electrons. The molecule has 0 aliphatic carbocycles. The largest absolute Gasteiger partial charge is 0.396 e. The Morgan fingerprint density at radius 1 is 0.483 bits per heavy atom. The van der Waals surface area contributed by atoms with Crippen molar-refractivity contribution in [3.63, 3.8) is 0 Å². The normalized spacial score (nSPS) is 11.9. The highest BCUT2D eigenvalue weighted by atomic mass is 16.3. The van der Waals surface area contributed by atoms with E-state index in [9.17, 15) is 0 Å². The van der Waals surface area contributed by atoms with E-state index in [0.29, 0.717) is 5.92 Å². The van der Waals surface area contributed by atoms with Gasteiger partial charge in [0.2, 0.25) is 0 Å². The van der Waals surface area contributed by atoms with Crippen molar-refractivity contribution in [1.29, 1.82) is 0 Å². The molecule has 0 fully saturated rings. The maximum Gasteiger partial charge on any atom is 0.0433 e. The lowest BCUT2D eigenvalue weighted by Crippen LogP contribution is -2.05. The molecule has 0 aliphatic heterocycles. The van der Waals surface area contributed by atoms with Crippen molar-refractivity contribution in [2.45, 2.75) is 128 Å². The van der Waals surface area contributed by atoms with E-state index in [0.717, 1.165) is 25.8 Å². The van der Waals surface area contributed by atoms with Gasteiger partial charge in [-0.1, -0.05) is 95.6 Å². The summed E-state index contributed by atoms with van der Waals surface area (Å²) in [5.41, 5.74) is 5.51. The van der Waals surface area contributed by atoms with Crippen molar-refractivity contribution >= 4 is 0 Å². The average molecular weight is 412 g/mol. The third-order valence-corrected chi connectivity index (χ3v) is 6.05. The molecule has 0 bridgehead atoms. The van der Waals surface area contributed by atoms with Crippen LogP contribution in [-0.2, 0) is 0 Å². The van der Waals surface area contributed by atoms with Gasteiger partial charge >= 0.3 is 0 Å². The van der Waals surface area contributed by atoms with Crippen molar-refractivity contribution in [3.8, 4) is 0 Å². The van der Waals surface area contributed by atoms with E-state index in [1.54, 1.807) is 0 Å². The van der Waals surface area contributed by atoms with E-state index in [1.807, 2.05) is 0 Å². The summed E-state index contributed by atoms with van der Waals surface area (Å²) in [5.74, 6) is 0.513. The molecular formula is C26H53NO2. The molecule has 29 heavy (non-hydrogen) atoms. The zero-order chi connectivity index (χ0) is 21.3. The molecule has 0 atom stereocenters. The average Bonchev–Trinajstić information content (AvgIpc) is 2.72. The lowest BCUT2D eigenvalue weighted by atomic mass is 9.95. The molecule has 3 heteroatoms. The highest BCUT2D eigenvalue weighted by Gasteiger charge is 2.06. The van der Waals surface area contributed by atoms with E-state index in [1.165, 1.54) is 109 Å². The molecule has 0 amide bonds. The summed E-state index contributed by atoms with van der Waals surface area (Å²) in [6, 6.07) is 0. The zero-order valence-corrected chi connectivity index (χ0v) is 19.5. The van der Waals surface area contributed by atoms with Crippen LogP contribution in [0.1, 0.15) is 128 Å². The van der Waals surface area contributed by atoms with Crippen molar-refractivity contribution in [1.82, 2.24) is 0 Å². The monoisotopic (exact) mass is 411 g/mol. The molecule has 0 saturated heterocycles. The van der Waals surface area contributed by atoms with Crippen LogP contribution >= 0.6 is 0 Å². The third kappa shape index (κ3) is 23.8. The summed E-state index contributed by atoms with van der Waals surface area (Å²) in [5, 5.41) is 18.1. The number of aliphatic hydroxyl groups excluding tert-OH is 2. The third-order valence-electron chi connectivity index (χ3n) is 6.05. The van der Waals surface area contributed by atoms with E-state index in [-0.39, 0.29) is 13.2 Å². The van der Waals surface area contributed by atoms with E-state index in [2.05, 4.69) is 12.2 Å². The van der Waals surface area contributed by atoms with Gasteiger partial charge in [0.05, 0.1) is 0 Å². The van der Waals surface area contributed by atoms with Crippen molar-refractivity contribution in [2.75, 3.05) is 19.8 Å². The van der Waals surface area contributed by atoms with E-state index < -0.39 is 0 Å². The minimum atomic E-state index is 0.257. The van der Waals surface area contributed by atoms with Crippen LogP contribution in [-0.4, -0.2) is 30.0 Å². The smallest absolute Gasteiger partial charge is 0.0433 e. The van der Waals surface area contributed by atoms with Crippen LogP contribution in [0.2, 0.25) is 0 Å². The van der Waals surface area contributed by atoms with Gasteiger partial charge in [-0.25, -0.2) is 0 Å². The Balaban J connectivity index is 3.21. The molecular weight excluding hydrogens is 358 g/mol. The van der Waals surface area contributed by atoms with Crippen molar-refractivity contribution < 1.29 is 10.2 Å². The molecule has 0 saturated carbocycles. The van der Waals surface area contributed by atoms with Gasteiger partial charge in [-0.15, -0.1) is 0 Å². The van der Waals surface area contributed by atoms with Gasteiger partial charge in [-0.3, -0.25) is 0 Å². The molecule has 174 valence electrons. The molecule has 0 aliphatic rings. The Morgan fingerprint density at radius 2 is 0.862 bits per heavy atom. The van der Waals surface area contributed by atoms with Gasteiger partial charge in [0, 0.05) is 13.2 Å². The first-order valence-electron chi connectivity index (χ1n) is 12.9. The Morgan fingerprint density at radius 3 is 1.28 bits per heavy atom. The van der Waals surface area contributed by atoms with Gasteiger partial charge in [-0.05, 0) is 57.4 Å². The summed E-state index contributed by atoms with van der Waals surface area (Å²) in [6.07, 6.45) is 30.4. The van der Waals surface area contributed by atoms with Crippen LogP contribution in [0.15, 0.2) is 12.2 Å². The topological polar surface area (TPSA) is 66.5 Å². The summed E-state index contributed by atoms with van der Waals surface area (Å²) in [6.45, 7) is 1.37. The second-order valence-electron chi connectivity index (χ2n) is 8.82. The van der Waals surface area contributed by atoms with Gasteiger partial charge in [0.1, 0.15) is 0 Å². The van der Waals surface area contributed by atoms with Crippen LogP contribution in [0.3, 0.4) is 0 Å². The fraction of sp³-hybridized carbons (Fsp3) is 0.923. The molecule has 0 aromatic heterocycles. The standard InChI is InChI=1S/C26H53NO2/c27-23-19-17-15-13-11-9-7-5-3-1-2-4-6-8-10-12-14-16-18-20-26(21-24-28)22-25-29/h4,6,26,28-29H,1-3,5,7-25,27H2. The minimum Gasteiger partial charge on any atom is -0.396 e. The Bertz CT molecular complexity index is 314. The van der Waals surface area contributed by atoms with E-state index >= 15 is 0 Å². The Hall–Kier alpha value is -0.380. The van der Waals surface area contributed by atoms with Gasteiger partial charge in [0.15, 0.2) is 0 Å². The molecule has 3 nitrogen and oxygen atoms in total. The number of hydrogen-bond acceptors (Lipinski definition) is 3. The highest BCUT2D eigenvalue weighted by molar-refractivity contribution is 4.81. The molecule has 0 aromatic rings. The van der Waals surface area contributed by atoms with Crippen LogP contribution in [0.4, 0.5) is 0 Å². The molecule has 0 heterocycles. The van der Waals surface area contributed by atoms with Crippen LogP contribution < -0.4 is 5.73 Å². The highest BCUT2D eigenvalue weighted by Crippen LogP contribution is 2.18. The van der Waals surface area contributed by atoms with Gasteiger partial charge in [-0.2, -0.15) is 0 Å². The summed E-state index contributed by atoms with van der Waals surface area (Å²) in [4.78, 5) is 0. The summed E-state index contributed by atoms with van der Waals surface area (Å²) in [7, 11) is 0. The predicted octanol–water partition coefficient (Wildman–Crippen LogP) is 6.90. The predicted molar refractivity (Wildman–Crippen MR) is 128 cm³/mol. The Kier molecular flexibility index (Phi) is 25.3. The molecule has 0 aromatic carbocycles. The SMILES string of the molecule is NCCCCCCCCCCCCC=CCCCCCCCC(CCO)CCO. The quantitative estimate of drug-likeness (QED) is 0.119. The van der Waals surface area contributed by atoms with Crippen LogP contribution in [0, 0.1) is 5.92 Å². The fourth-order valence-electron chi connectivity index (χ4n) is 4.08. The second kappa shape index (κ2) is 25.7. The number of hydrogen-bond donors (Lipinski definition) is 3. The van der Waals surface area contributed by atoms with Crippen molar-refractivity contribution in [2.24, 2.45) is 11.7 Å². The number of aliphatic hydroxyl groups is 2. The first-order valence-corrected chi connectivity index (χ1v) is 12.9. The Labute approximate surface area is 182 Å². The first-order chi connectivity index (χ1) is 14.3. The number of nitrogens with two attached hydrogens (primary N) is 1. The summed E-state index contributed by atoms with van der Waals surface area (Å²) < 4.78 is 0. The molecule has 0 rings (SSSR count). The summed E-state index contributed by atoms with van der Waals surface area (Å²) >= 11 is 0.